The Morgan fingerprint density at radius 2 is 2.03 bits per heavy atom. The summed E-state index contributed by atoms with van der Waals surface area (Å²) >= 11 is 0. The van der Waals surface area contributed by atoms with Crippen molar-refractivity contribution in [1.82, 2.24) is 15.3 Å². The molecule has 1 amide bonds. The zero-order chi connectivity index (χ0) is 22.8. The van der Waals surface area contributed by atoms with Gasteiger partial charge in [-0.2, -0.15) is 0 Å². The van der Waals surface area contributed by atoms with Crippen molar-refractivity contribution in [3.05, 3.63) is 48.3 Å². The number of halogens is 1. The number of hydrogen-bond acceptors (Lipinski definition) is 5. The van der Waals surface area contributed by atoms with Gasteiger partial charge in [0.15, 0.2) is 5.82 Å². The van der Waals surface area contributed by atoms with E-state index in [9.17, 15) is 19.4 Å². The maximum absolute atomic E-state index is 14.1. The Kier molecular flexibility index (Phi) is 6.12. The number of anilines is 1. The molecule has 2 atom stereocenters. The molecule has 2 unspecified atom stereocenters. The number of benzene rings is 2. The summed E-state index contributed by atoms with van der Waals surface area (Å²) in [6.45, 7) is 5.41. The molecule has 1 aromatic heterocycles. The fourth-order valence-corrected chi connectivity index (χ4v) is 4.45. The van der Waals surface area contributed by atoms with Crippen molar-refractivity contribution in [2.75, 3.05) is 18.0 Å². The van der Waals surface area contributed by atoms with Crippen molar-refractivity contribution in [3.8, 4) is 17.1 Å². The SMILES string of the molecule is CC(C)CC(NC(=O)O)C1CCN(c2nc(-c3ccccc3O)nc3ccc(F)cc23)C1. The summed E-state index contributed by atoms with van der Waals surface area (Å²) in [6, 6.07) is 11.1. The van der Waals surface area contributed by atoms with Crippen LogP contribution in [-0.2, 0) is 0 Å². The maximum atomic E-state index is 14.1. The summed E-state index contributed by atoms with van der Waals surface area (Å²) in [5.41, 5.74) is 1.08. The number of phenols is 1. The van der Waals surface area contributed by atoms with Gasteiger partial charge >= 0.3 is 6.09 Å². The Labute approximate surface area is 185 Å². The number of hydrogen-bond donors (Lipinski definition) is 3. The Bertz CT molecular complexity index is 1140. The van der Waals surface area contributed by atoms with E-state index < -0.39 is 6.09 Å². The van der Waals surface area contributed by atoms with Crippen LogP contribution in [0.4, 0.5) is 15.0 Å². The number of rotatable bonds is 6. The van der Waals surface area contributed by atoms with Crippen LogP contribution in [0.3, 0.4) is 0 Å². The number of carboxylic acid groups (broad SMARTS) is 1. The molecule has 8 heteroatoms. The summed E-state index contributed by atoms with van der Waals surface area (Å²) in [5.74, 6) is 1.11. The van der Waals surface area contributed by atoms with Gasteiger partial charge in [-0.1, -0.05) is 26.0 Å². The van der Waals surface area contributed by atoms with Crippen molar-refractivity contribution in [1.29, 1.82) is 0 Å². The number of fused-ring (bicyclic) bond motifs is 1. The molecule has 1 aliphatic rings. The number of carbonyl (C=O) groups is 1. The van der Waals surface area contributed by atoms with E-state index in [1.807, 2.05) is 0 Å². The van der Waals surface area contributed by atoms with Gasteiger partial charge in [-0.15, -0.1) is 0 Å². The largest absolute Gasteiger partial charge is 0.507 e. The first-order valence-corrected chi connectivity index (χ1v) is 10.8. The zero-order valence-electron chi connectivity index (χ0n) is 18.1. The minimum Gasteiger partial charge on any atom is -0.507 e. The van der Waals surface area contributed by atoms with Crippen LogP contribution >= 0.6 is 0 Å². The molecular weight excluding hydrogens is 411 g/mol. The lowest BCUT2D eigenvalue weighted by Gasteiger charge is -2.26. The normalized spacial score (nSPS) is 17.1. The second-order valence-electron chi connectivity index (χ2n) is 8.73. The van der Waals surface area contributed by atoms with E-state index >= 15 is 0 Å². The average molecular weight is 439 g/mol. The maximum Gasteiger partial charge on any atom is 0.404 e. The van der Waals surface area contributed by atoms with E-state index in [-0.39, 0.29) is 23.5 Å². The van der Waals surface area contributed by atoms with Crippen molar-refractivity contribution < 1.29 is 19.4 Å². The third-order valence-corrected chi connectivity index (χ3v) is 5.91. The molecule has 32 heavy (non-hydrogen) atoms. The van der Waals surface area contributed by atoms with Crippen LogP contribution in [-0.4, -0.2) is 45.4 Å². The highest BCUT2D eigenvalue weighted by molar-refractivity contribution is 5.91. The standard InChI is InChI=1S/C24H27FN4O3/c1-14(2)11-20(27-24(31)32)15-9-10-29(13-15)23-18-12-16(25)7-8-19(18)26-22(28-23)17-5-3-4-6-21(17)30/h3-8,12,14-15,20,27,30H,9-11,13H2,1-2H3,(H,31,32). The van der Waals surface area contributed by atoms with Crippen molar-refractivity contribution in [2.45, 2.75) is 32.7 Å². The number of aromatic nitrogens is 2. The molecule has 0 aliphatic carbocycles. The molecule has 2 aromatic carbocycles. The first-order chi connectivity index (χ1) is 15.3. The van der Waals surface area contributed by atoms with Crippen molar-refractivity contribution >= 4 is 22.8 Å². The van der Waals surface area contributed by atoms with Crippen LogP contribution in [0.5, 0.6) is 5.75 Å². The molecule has 2 heterocycles. The monoisotopic (exact) mass is 438 g/mol. The number of phenolic OH excluding ortho intramolecular Hbond substituents is 1. The lowest BCUT2D eigenvalue weighted by atomic mass is 9.91. The van der Waals surface area contributed by atoms with Crippen molar-refractivity contribution in [3.63, 3.8) is 0 Å². The van der Waals surface area contributed by atoms with Gasteiger partial charge in [0.25, 0.3) is 0 Å². The smallest absolute Gasteiger partial charge is 0.404 e. The number of aromatic hydroxyl groups is 1. The highest BCUT2D eigenvalue weighted by atomic mass is 19.1. The van der Waals surface area contributed by atoms with E-state index in [0.717, 1.165) is 12.8 Å². The molecule has 3 aromatic rings. The molecule has 0 saturated carbocycles. The van der Waals surface area contributed by atoms with Gasteiger partial charge in [-0.3, -0.25) is 0 Å². The van der Waals surface area contributed by atoms with Gasteiger partial charge < -0.3 is 20.4 Å². The molecule has 0 bridgehead atoms. The van der Waals surface area contributed by atoms with Crippen LogP contribution in [0.25, 0.3) is 22.3 Å². The third kappa shape index (κ3) is 4.59. The molecule has 7 nitrogen and oxygen atoms in total. The first kappa shape index (κ1) is 21.8. The van der Waals surface area contributed by atoms with Crippen LogP contribution in [0, 0.1) is 17.7 Å². The number of nitrogens with zero attached hydrogens (tertiary/aromatic N) is 3. The van der Waals surface area contributed by atoms with Gasteiger partial charge in [0.1, 0.15) is 17.4 Å². The predicted octanol–water partition coefficient (Wildman–Crippen LogP) is 4.65. The lowest BCUT2D eigenvalue weighted by molar-refractivity contribution is 0.181. The number of para-hydroxylation sites is 1. The average Bonchev–Trinajstić information content (AvgIpc) is 3.22. The van der Waals surface area contributed by atoms with E-state index in [2.05, 4.69) is 29.0 Å². The van der Waals surface area contributed by atoms with E-state index in [1.54, 1.807) is 30.3 Å². The van der Waals surface area contributed by atoms with Gasteiger partial charge in [0, 0.05) is 24.5 Å². The summed E-state index contributed by atoms with van der Waals surface area (Å²) in [7, 11) is 0. The van der Waals surface area contributed by atoms with Crippen LogP contribution in [0.2, 0.25) is 0 Å². The molecule has 0 spiro atoms. The van der Waals surface area contributed by atoms with Gasteiger partial charge in [0.05, 0.1) is 11.1 Å². The van der Waals surface area contributed by atoms with Crippen LogP contribution < -0.4 is 10.2 Å². The Hall–Kier alpha value is -3.42. The quantitative estimate of drug-likeness (QED) is 0.518. The minimum atomic E-state index is -1.02. The van der Waals surface area contributed by atoms with Crippen LogP contribution in [0.15, 0.2) is 42.5 Å². The Morgan fingerprint density at radius 3 is 2.75 bits per heavy atom. The highest BCUT2D eigenvalue weighted by Gasteiger charge is 2.32. The number of nitrogens with one attached hydrogen (secondary N) is 1. The molecule has 1 saturated heterocycles. The summed E-state index contributed by atoms with van der Waals surface area (Å²) in [6.07, 6.45) is 0.516. The van der Waals surface area contributed by atoms with Crippen molar-refractivity contribution in [2.24, 2.45) is 11.8 Å². The molecular formula is C24H27FN4O3. The molecule has 0 radical (unpaired) electrons. The second-order valence-corrected chi connectivity index (χ2v) is 8.73. The zero-order valence-corrected chi connectivity index (χ0v) is 18.1. The Morgan fingerprint density at radius 1 is 1.25 bits per heavy atom. The van der Waals surface area contributed by atoms with E-state index in [4.69, 9.17) is 4.98 Å². The Balaban J connectivity index is 1.72. The topological polar surface area (TPSA) is 98.6 Å². The first-order valence-electron chi connectivity index (χ1n) is 10.8. The fraction of sp³-hybridized carbons (Fsp3) is 0.375. The lowest BCUT2D eigenvalue weighted by Crippen LogP contribution is -2.41. The summed E-state index contributed by atoms with van der Waals surface area (Å²) in [4.78, 5) is 22.7. The molecule has 4 rings (SSSR count). The predicted molar refractivity (Wildman–Crippen MR) is 121 cm³/mol. The molecule has 3 N–H and O–H groups in total. The molecule has 1 fully saturated rings. The van der Waals surface area contributed by atoms with Gasteiger partial charge in [0.2, 0.25) is 0 Å². The van der Waals surface area contributed by atoms with Gasteiger partial charge in [-0.25, -0.2) is 19.2 Å². The van der Waals surface area contributed by atoms with Crippen LogP contribution in [0.1, 0.15) is 26.7 Å². The molecule has 1 aliphatic heterocycles. The highest BCUT2D eigenvalue weighted by Crippen LogP contribution is 2.35. The minimum absolute atomic E-state index is 0.0712. The molecule has 168 valence electrons. The summed E-state index contributed by atoms with van der Waals surface area (Å²) in [5, 5.41) is 22.9. The van der Waals surface area contributed by atoms with Gasteiger partial charge in [-0.05, 0) is 55.0 Å². The number of amides is 1. The van der Waals surface area contributed by atoms with E-state index in [1.165, 1.54) is 12.1 Å². The fourth-order valence-electron chi connectivity index (χ4n) is 4.45. The van der Waals surface area contributed by atoms with E-state index in [0.29, 0.717) is 47.1 Å². The second kappa shape index (κ2) is 8.98. The summed E-state index contributed by atoms with van der Waals surface area (Å²) < 4.78 is 14.1. The third-order valence-electron chi connectivity index (χ3n) is 5.91.